The van der Waals surface area contributed by atoms with Gasteiger partial charge in [-0.05, 0) is 30.9 Å². The Hall–Kier alpha value is -2.67. The highest BCUT2D eigenvalue weighted by atomic mass is 32.1. The number of nitrogens with zero attached hydrogens (tertiary/aromatic N) is 2. The minimum absolute atomic E-state index is 0.0242. The van der Waals surface area contributed by atoms with Crippen LogP contribution in [0.1, 0.15) is 41.5 Å². The molecule has 1 aromatic carbocycles. The fraction of sp³-hybridized carbons (Fsp3) is 0.350. The third-order valence-electron chi connectivity index (χ3n) is 4.62. The molecule has 1 amide bonds. The summed E-state index contributed by atoms with van der Waals surface area (Å²) in [6.07, 6.45) is 1.50. The van der Waals surface area contributed by atoms with Gasteiger partial charge in [0.2, 0.25) is 17.6 Å². The number of fused-ring (bicyclic) bond motifs is 1. The summed E-state index contributed by atoms with van der Waals surface area (Å²) < 4.78 is 11.1. The van der Waals surface area contributed by atoms with Gasteiger partial charge >= 0.3 is 0 Å². The van der Waals surface area contributed by atoms with Crippen molar-refractivity contribution in [1.82, 2.24) is 15.5 Å². The summed E-state index contributed by atoms with van der Waals surface area (Å²) in [5.41, 5.74) is 4.27. The molecule has 2 aromatic heterocycles. The van der Waals surface area contributed by atoms with Crippen LogP contribution < -0.4 is 10.1 Å². The molecule has 1 unspecified atom stereocenters. The Balaban J connectivity index is 1.38. The quantitative estimate of drug-likeness (QED) is 0.721. The summed E-state index contributed by atoms with van der Waals surface area (Å²) in [5.74, 6) is 1.91. The van der Waals surface area contributed by atoms with E-state index in [0.29, 0.717) is 31.2 Å². The molecular formula is C20H21N3O3S. The zero-order valence-electron chi connectivity index (χ0n) is 15.3. The van der Waals surface area contributed by atoms with Gasteiger partial charge in [-0.15, -0.1) is 0 Å². The number of nitrogens with one attached hydrogen (secondary N) is 1. The largest absolute Gasteiger partial charge is 0.493 e. The van der Waals surface area contributed by atoms with E-state index in [0.717, 1.165) is 28.9 Å². The van der Waals surface area contributed by atoms with Gasteiger partial charge in [0, 0.05) is 35.8 Å². The van der Waals surface area contributed by atoms with E-state index in [1.54, 1.807) is 11.3 Å². The minimum atomic E-state index is -0.0257. The van der Waals surface area contributed by atoms with Gasteiger partial charge in [0.15, 0.2) is 0 Å². The van der Waals surface area contributed by atoms with Crippen molar-refractivity contribution in [3.05, 3.63) is 51.5 Å². The molecule has 140 valence electrons. The lowest BCUT2D eigenvalue weighted by atomic mass is 9.95. The molecule has 1 aliphatic rings. The average Bonchev–Trinajstić information content (AvgIpc) is 3.32. The zero-order chi connectivity index (χ0) is 18.8. The third-order valence-corrected chi connectivity index (χ3v) is 5.31. The maximum atomic E-state index is 12.5. The number of aryl methyl sites for hydroxylation is 3. The monoisotopic (exact) mass is 383 g/mol. The molecule has 7 heteroatoms. The number of carbonyl (C=O) groups is 1. The van der Waals surface area contributed by atoms with Crippen molar-refractivity contribution >= 4 is 17.2 Å². The molecule has 0 radical (unpaired) electrons. The molecule has 1 atom stereocenters. The van der Waals surface area contributed by atoms with Crippen LogP contribution in [-0.4, -0.2) is 22.7 Å². The molecule has 3 aromatic rings. The van der Waals surface area contributed by atoms with Crippen LogP contribution in [0.4, 0.5) is 0 Å². The standard InChI is InChI=1S/C20H21N3O3S/c1-12-9-13(2)19-15(10-12)16(5-7-25-19)21-17(24)3-4-18-22-20(23-26-18)14-6-8-27-11-14/h6,8-11,16H,3-5,7H2,1-2H3,(H,21,24). The van der Waals surface area contributed by atoms with Crippen LogP contribution in [-0.2, 0) is 11.2 Å². The molecule has 3 heterocycles. The first-order valence-electron chi connectivity index (χ1n) is 8.98. The zero-order valence-corrected chi connectivity index (χ0v) is 16.1. The van der Waals surface area contributed by atoms with Crippen LogP contribution in [0.15, 0.2) is 33.5 Å². The Bertz CT molecular complexity index is 950. The van der Waals surface area contributed by atoms with E-state index < -0.39 is 0 Å². The van der Waals surface area contributed by atoms with E-state index in [9.17, 15) is 4.79 Å². The molecule has 0 bridgehead atoms. The predicted octanol–water partition coefficient (Wildman–Crippen LogP) is 3.99. The fourth-order valence-electron chi connectivity index (χ4n) is 3.38. The second-order valence-electron chi connectivity index (χ2n) is 6.78. The topological polar surface area (TPSA) is 77.3 Å². The molecule has 0 spiro atoms. The fourth-order valence-corrected chi connectivity index (χ4v) is 4.01. The molecule has 6 nitrogen and oxygen atoms in total. The van der Waals surface area contributed by atoms with Crippen LogP contribution in [0.5, 0.6) is 5.75 Å². The van der Waals surface area contributed by atoms with Crippen molar-refractivity contribution in [2.75, 3.05) is 6.61 Å². The van der Waals surface area contributed by atoms with Crippen molar-refractivity contribution in [3.63, 3.8) is 0 Å². The number of ether oxygens (including phenoxy) is 1. The number of hydrogen-bond donors (Lipinski definition) is 1. The molecule has 1 N–H and O–H groups in total. The van der Waals surface area contributed by atoms with Gasteiger partial charge in [-0.25, -0.2) is 0 Å². The molecule has 0 aliphatic carbocycles. The van der Waals surface area contributed by atoms with Crippen LogP contribution in [0.25, 0.3) is 11.4 Å². The lowest BCUT2D eigenvalue weighted by molar-refractivity contribution is -0.122. The number of rotatable bonds is 5. The first-order chi connectivity index (χ1) is 13.1. The number of hydrogen-bond acceptors (Lipinski definition) is 6. The lowest BCUT2D eigenvalue weighted by Crippen LogP contribution is -2.32. The van der Waals surface area contributed by atoms with E-state index in [-0.39, 0.29) is 11.9 Å². The van der Waals surface area contributed by atoms with E-state index >= 15 is 0 Å². The van der Waals surface area contributed by atoms with Gasteiger partial charge in [0.1, 0.15) is 5.75 Å². The van der Waals surface area contributed by atoms with Crippen molar-refractivity contribution in [2.24, 2.45) is 0 Å². The number of amides is 1. The number of aromatic nitrogens is 2. The van der Waals surface area contributed by atoms with E-state index in [1.807, 2.05) is 23.8 Å². The van der Waals surface area contributed by atoms with Gasteiger partial charge in [-0.2, -0.15) is 16.3 Å². The molecule has 1 aliphatic heterocycles. The average molecular weight is 383 g/mol. The minimum Gasteiger partial charge on any atom is -0.493 e. The van der Waals surface area contributed by atoms with Crippen molar-refractivity contribution in [1.29, 1.82) is 0 Å². The molecule has 27 heavy (non-hydrogen) atoms. The van der Waals surface area contributed by atoms with E-state index in [1.165, 1.54) is 5.56 Å². The predicted molar refractivity (Wildman–Crippen MR) is 103 cm³/mol. The lowest BCUT2D eigenvalue weighted by Gasteiger charge is -2.28. The summed E-state index contributed by atoms with van der Waals surface area (Å²) in [6.45, 7) is 4.70. The Morgan fingerprint density at radius 2 is 2.26 bits per heavy atom. The summed E-state index contributed by atoms with van der Waals surface area (Å²) in [7, 11) is 0. The number of carbonyl (C=O) groups excluding carboxylic acids is 1. The van der Waals surface area contributed by atoms with Crippen molar-refractivity contribution in [2.45, 2.75) is 39.2 Å². The van der Waals surface area contributed by atoms with Gasteiger partial charge in [-0.1, -0.05) is 22.9 Å². The normalized spacial score (nSPS) is 15.9. The summed E-state index contributed by atoms with van der Waals surface area (Å²) in [6, 6.07) is 6.11. The Kier molecular flexibility index (Phi) is 4.94. The maximum Gasteiger partial charge on any atom is 0.227 e. The molecular weight excluding hydrogens is 362 g/mol. The van der Waals surface area contributed by atoms with Crippen LogP contribution in [0.3, 0.4) is 0 Å². The Morgan fingerprint density at radius 1 is 1.37 bits per heavy atom. The van der Waals surface area contributed by atoms with E-state index in [4.69, 9.17) is 9.26 Å². The highest BCUT2D eigenvalue weighted by Crippen LogP contribution is 2.35. The molecule has 0 saturated heterocycles. The molecule has 0 saturated carbocycles. The van der Waals surface area contributed by atoms with Gasteiger partial charge in [-0.3, -0.25) is 4.79 Å². The summed E-state index contributed by atoms with van der Waals surface area (Å²) in [4.78, 5) is 16.8. The first-order valence-corrected chi connectivity index (χ1v) is 9.93. The number of thiophene rings is 1. The third kappa shape index (κ3) is 3.88. The second kappa shape index (κ2) is 7.52. The highest BCUT2D eigenvalue weighted by molar-refractivity contribution is 7.08. The van der Waals surface area contributed by atoms with Crippen molar-refractivity contribution in [3.8, 4) is 17.1 Å². The Morgan fingerprint density at radius 3 is 3.07 bits per heavy atom. The molecule has 0 fully saturated rings. The maximum absolute atomic E-state index is 12.5. The number of benzene rings is 1. The highest BCUT2D eigenvalue weighted by Gasteiger charge is 2.24. The SMILES string of the molecule is Cc1cc(C)c2c(c1)C(NC(=O)CCc1nc(-c3ccsc3)no1)CCO2. The van der Waals surface area contributed by atoms with Gasteiger partial charge < -0.3 is 14.6 Å². The summed E-state index contributed by atoms with van der Waals surface area (Å²) in [5, 5.41) is 11.0. The summed E-state index contributed by atoms with van der Waals surface area (Å²) >= 11 is 1.58. The van der Waals surface area contributed by atoms with Gasteiger partial charge in [0.25, 0.3) is 0 Å². The van der Waals surface area contributed by atoms with Gasteiger partial charge in [0.05, 0.1) is 12.6 Å². The van der Waals surface area contributed by atoms with Crippen LogP contribution in [0.2, 0.25) is 0 Å². The van der Waals surface area contributed by atoms with Crippen LogP contribution >= 0.6 is 11.3 Å². The smallest absolute Gasteiger partial charge is 0.227 e. The molecule has 4 rings (SSSR count). The Labute approximate surface area is 161 Å². The van der Waals surface area contributed by atoms with E-state index in [2.05, 4.69) is 34.5 Å². The van der Waals surface area contributed by atoms with Crippen molar-refractivity contribution < 1.29 is 14.1 Å². The first kappa shape index (κ1) is 17.7. The van der Waals surface area contributed by atoms with Crippen LogP contribution in [0, 0.1) is 13.8 Å². The second-order valence-corrected chi connectivity index (χ2v) is 7.56.